The van der Waals surface area contributed by atoms with Crippen LogP contribution in [0, 0.1) is 0 Å². The molecular weight excluding hydrogens is 258 g/mol. The molecule has 0 spiro atoms. The van der Waals surface area contributed by atoms with Crippen LogP contribution in [0.3, 0.4) is 0 Å². The van der Waals surface area contributed by atoms with E-state index in [2.05, 4.69) is 30.5 Å². The molecular formula is C11H19N9. The van der Waals surface area contributed by atoms with Crippen LogP contribution < -0.4 is 16.0 Å². The lowest BCUT2D eigenvalue weighted by atomic mass is 10.5. The van der Waals surface area contributed by atoms with E-state index in [1.165, 1.54) is 0 Å². The average Bonchev–Trinajstić information content (AvgIpc) is 2.83. The Morgan fingerprint density at radius 3 is 2.60 bits per heavy atom. The molecule has 0 aliphatic carbocycles. The highest BCUT2D eigenvalue weighted by atomic mass is 15.3. The summed E-state index contributed by atoms with van der Waals surface area (Å²) in [6.45, 7) is 6.16. The third-order valence-corrected chi connectivity index (χ3v) is 2.90. The summed E-state index contributed by atoms with van der Waals surface area (Å²) in [5.41, 5.74) is 5.72. The van der Waals surface area contributed by atoms with E-state index in [9.17, 15) is 0 Å². The molecule has 0 unspecified atom stereocenters. The lowest BCUT2D eigenvalue weighted by Gasteiger charge is -2.18. The minimum atomic E-state index is 0.197. The van der Waals surface area contributed by atoms with Crippen LogP contribution in [0.15, 0.2) is 6.33 Å². The molecule has 2 heterocycles. The highest BCUT2D eigenvalue weighted by molar-refractivity contribution is 5.41. The highest BCUT2D eigenvalue weighted by Crippen LogP contribution is 2.12. The quantitative estimate of drug-likeness (QED) is 0.761. The van der Waals surface area contributed by atoms with E-state index in [1.54, 1.807) is 6.33 Å². The van der Waals surface area contributed by atoms with Crippen LogP contribution in [0.2, 0.25) is 0 Å². The zero-order valence-electron chi connectivity index (χ0n) is 11.9. The normalized spacial score (nSPS) is 10.6. The molecule has 2 rings (SSSR count). The molecule has 20 heavy (non-hydrogen) atoms. The van der Waals surface area contributed by atoms with Gasteiger partial charge in [0.05, 0.1) is 6.54 Å². The second kappa shape index (κ2) is 6.13. The largest absolute Gasteiger partial charge is 0.368 e. The van der Waals surface area contributed by atoms with E-state index >= 15 is 0 Å². The number of rotatable bonds is 6. The molecule has 2 aromatic rings. The molecule has 0 atom stereocenters. The Balaban J connectivity index is 2.13. The Morgan fingerprint density at radius 2 is 2.00 bits per heavy atom. The summed E-state index contributed by atoms with van der Waals surface area (Å²) < 4.78 is 1.82. The molecule has 3 N–H and O–H groups in total. The van der Waals surface area contributed by atoms with Crippen LogP contribution in [0.4, 0.5) is 17.8 Å². The summed E-state index contributed by atoms with van der Waals surface area (Å²) in [5, 5.41) is 10.9. The van der Waals surface area contributed by atoms with E-state index in [-0.39, 0.29) is 5.95 Å². The summed E-state index contributed by atoms with van der Waals surface area (Å²) in [5.74, 6) is 1.99. The standard InChI is InChI=1S/C11H19N9/c1-4-20(5-2)11-16-9(12)15-10(17-11)13-6-8-18-14-7-19(8)3/h7H,4-6H2,1-3H3,(H3,12,13,15,16,17). The van der Waals surface area contributed by atoms with Crippen molar-refractivity contribution in [3.05, 3.63) is 12.2 Å². The summed E-state index contributed by atoms with van der Waals surface area (Å²) in [4.78, 5) is 14.6. The van der Waals surface area contributed by atoms with Gasteiger partial charge in [-0.05, 0) is 13.8 Å². The fraction of sp³-hybridized carbons (Fsp3) is 0.545. The molecule has 0 aromatic carbocycles. The molecule has 0 saturated heterocycles. The first kappa shape index (κ1) is 14.0. The maximum atomic E-state index is 5.72. The number of nitrogens with two attached hydrogens (primary N) is 1. The van der Waals surface area contributed by atoms with Gasteiger partial charge in [-0.2, -0.15) is 15.0 Å². The zero-order valence-corrected chi connectivity index (χ0v) is 11.9. The third-order valence-electron chi connectivity index (χ3n) is 2.90. The van der Waals surface area contributed by atoms with Crippen molar-refractivity contribution in [3.8, 4) is 0 Å². The number of nitrogens with zero attached hydrogens (tertiary/aromatic N) is 7. The molecule has 9 nitrogen and oxygen atoms in total. The SMILES string of the molecule is CCN(CC)c1nc(N)nc(NCc2nncn2C)n1. The van der Waals surface area contributed by atoms with E-state index in [1.807, 2.05) is 30.4 Å². The first-order chi connectivity index (χ1) is 9.63. The Morgan fingerprint density at radius 1 is 1.25 bits per heavy atom. The number of aryl methyl sites for hydroxylation is 1. The van der Waals surface area contributed by atoms with Gasteiger partial charge in [-0.15, -0.1) is 10.2 Å². The maximum absolute atomic E-state index is 5.72. The zero-order chi connectivity index (χ0) is 14.5. The van der Waals surface area contributed by atoms with E-state index < -0.39 is 0 Å². The van der Waals surface area contributed by atoms with Gasteiger partial charge in [0, 0.05) is 20.1 Å². The smallest absolute Gasteiger partial charge is 0.231 e. The topological polar surface area (TPSA) is 111 Å². The third kappa shape index (κ3) is 3.11. The van der Waals surface area contributed by atoms with Gasteiger partial charge in [0.2, 0.25) is 17.8 Å². The average molecular weight is 277 g/mol. The number of aromatic nitrogens is 6. The predicted molar refractivity (Wildman–Crippen MR) is 76.1 cm³/mol. The molecule has 0 saturated carbocycles. The van der Waals surface area contributed by atoms with Crippen LogP contribution in [0.25, 0.3) is 0 Å². The Kier molecular flexibility index (Phi) is 4.28. The number of hydrogen-bond acceptors (Lipinski definition) is 8. The van der Waals surface area contributed by atoms with Crippen molar-refractivity contribution in [1.29, 1.82) is 0 Å². The molecule has 0 aliphatic rings. The second-order valence-corrected chi connectivity index (χ2v) is 4.20. The molecule has 0 radical (unpaired) electrons. The molecule has 108 valence electrons. The fourth-order valence-corrected chi connectivity index (χ4v) is 1.73. The summed E-state index contributed by atoms with van der Waals surface area (Å²) in [6.07, 6.45) is 1.64. The monoisotopic (exact) mass is 277 g/mol. The minimum absolute atomic E-state index is 0.197. The molecule has 0 bridgehead atoms. The van der Waals surface area contributed by atoms with Crippen molar-refractivity contribution in [1.82, 2.24) is 29.7 Å². The molecule has 0 aliphatic heterocycles. The van der Waals surface area contributed by atoms with Crippen molar-refractivity contribution in [2.75, 3.05) is 29.0 Å². The first-order valence-corrected chi connectivity index (χ1v) is 6.47. The predicted octanol–water partition coefficient (Wildman–Crippen LogP) is 0.0406. The Labute approximate surface area is 117 Å². The Hall–Kier alpha value is -2.45. The van der Waals surface area contributed by atoms with Gasteiger partial charge in [-0.1, -0.05) is 0 Å². The van der Waals surface area contributed by atoms with Crippen LogP contribution in [0.5, 0.6) is 0 Å². The van der Waals surface area contributed by atoms with Crippen molar-refractivity contribution < 1.29 is 0 Å². The summed E-state index contributed by atoms with van der Waals surface area (Å²) in [6, 6.07) is 0. The van der Waals surface area contributed by atoms with E-state index in [4.69, 9.17) is 5.73 Å². The summed E-state index contributed by atoms with van der Waals surface area (Å²) in [7, 11) is 1.88. The first-order valence-electron chi connectivity index (χ1n) is 6.47. The van der Waals surface area contributed by atoms with Gasteiger partial charge in [-0.3, -0.25) is 0 Å². The van der Waals surface area contributed by atoms with Crippen LogP contribution in [-0.4, -0.2) is 42.8 Å². The second-order valence-electron chi connectivity index (χ2n) is 4.20. The molecule has 0 fully saturated rings. The molecule has 0 amide bonds. The van der Waals surface area contributed by atoms with Crippen LogP contribution >= 0.6 is 0 Å². The minimum Gasteiger partial charge on any atom is -0.368 e. The lowest BCUT2D eigenvalue weighted by molar-refractivity contribution is 0.795. The highest BCUT2D eigenvalue weighted by Gasteiger charge is 2.10. The number of nitrogen functional groups attached to an aromatic ring is 1. The van der Waals surface area contributed by atoms with Crippen LogP contribution in [0.1, 0.15) is 19.7 Å². The van der Waals surface area contributed by atoms with Crippen LogP contribution in [-0.2, 0) is 13.6 Å². The lowest BCUT2D eigenvalue weighted by Crippen LogP contribution is -2.25. The van der Waals surface area contributed by atoms with Crippen molar-refractivity contribution >= 4 is 17.8 Å². The van der Waals surface area contributed by atoms with E-state index in [0.29, 0.717) is 18.4 Å². The number of hydrogen-bond donors (Lipinski definition) is 2. The fourth-order valence-electron chi connectivity index (χ4n) is 1.73. The van der Waals surface area contributed by atoms with Crippen molar-refractivity contribution in [3.63, 3.8) is 0 Å². The van der Waals surface area contributed by atoms with Gasteiger partial charge in [0.15, 0.2) is 5.82 Å². The maximum Gasteiger partial charge on any atom is 0.231 e. The Bertz CT molecular complexity index is 561. The number of anilines is 3. The van der Waals surface area contributed by atoms with Gasteiger partial charge >= 0.3 is 0 Å². The number of nitrogens with one attached hydrogen (secondary N) is 1. The van der Waals surface area contributed by atoms with Gasteiger partial charge in [0.1, 0.15) is 6.33 Å². The molecule has 9 heteroatoms. The van der Waals surface area contributed by atoms with Crippen molar-refractivity contribution in [2.45, 2.75) is 20.4 Å². The van der Waals surface area contributed by atoms with E-state index in [0.717, 1.165) is 18.9 Å². The van der Waals surface area contributed by atoms with Crippen molar-refractivity contribution in [2.24, 2.45) is 7.05 Å². The molecule has 2 aromatic heterocycles. The van der Waals surface area contributed by atoms with Gasteiger partial charge in [0.25, 0.3) is 0 Å². The van der Waals surface area contributed by atoms with Gasteiger partial charge in [-0.25, -0.2) is 0 Å². The van der Waals surface area contributed by atoms with Gasteiger partial charge < -0.3 is 20.5 Å². The summed E-state index contributed by atoms with van der Waals surface area (Å²) >= 11 is 0.